The lowest BCUT2D eigenvalue weighted by Gasteiger charge is -2.30. The third-order valence-corrected chi connectivity index (χ3v) is 3.58. The van der Waals surface area contributed by atoms with Gasteiger partial charge >= 0.3 is 0 Å². The van der Waals surface area contributed by atoms with Gasteiger partial charge in [-0.2, -0.15) is 5.10 Å². The molecule has 0 radical (unpaired) electrons. The van der Waals surface area contributed by atoms with E-state index in [1.807, 2.05) is 11.7 Å². The molecule has 110 valence electrons. The Morgan fingerprint density at radius 1 is 1.10 bits per heavy atom. The van der Waals surface area contributed by atoms with E-state index in [0.717, 1.165) is 13.0 Å². The molecule has 0 aliphatic rings. The molecule has 0 aliphatic carbocycles. The van der Waals surface area contributed by atoms with Crippen LogP contribution in [0.25, 0.3) is 10.9 Å². The third-order valence-electron chi connectivity index (χ3n) is 3.58. The zero-order chi connectivity index (χ0) is 15.0. The summed E-state index contributed by atoms with van der Waals surface area (Å²) in [6.07, 6.45) is 0.984. The Balaban J connectivity index is 2.19. The second-order valence-electron chi connectivity index (χ2n) is 7.53. The molecule has 0 unspecified atom stereocenters. The molecule has 0 fully saturated rings. The fourth-order valence-corrected chi connectivity index (χ4v) is 2.44. The molecular weight excluding hydrogens is 246 g/mol. The number of hydrogen-bond donors (Lipinski definition) is 1. The minimum absolute atomic E-state index is 0.156. The van der Waals surface area contributed by atoms with Crippen molar-refractivity contribution in [2.45, 2.75) is 46.6 Å². The fourth-order valence-electron chi connectivity index (χ4n) is 2.44. The highest BCUT2D eigenvalue weighted by molar-refractivity contribution is 5.81. The quantitative estimate of drug-likeness (QED) is 0.923. The van der Waals surface area contributed by atoms with Gasteiger partial charge in [0.05, 0.1) is 11.2 Å². The van der Waals surface area contributed by atoms with E-state index in [-0.39, 0.29) is 11.0 Å². The molecule has 1 heterocycles. The van der Waals surface area contributed by atoms with Crippen molar-refractivity contribution < 1.29 is 0 Å². The van der Waals surface area contributed by atoms with E-state index in [1.54, 1.807) is 0 Å². The monoisotopic (exact) mass is 273 g/mol. The second kappa shape index (κ2) is 5.21. The summed E-state index contributed by atoms with van der Waals surface area (Å²) in [5.74, 6) is 0. The van der Waals surface area contributed by atoms with Crippen LogP contribution in [0.1, 0.15) is 40.3 Å². The summed E-state index contributed by atoms with van der Waals surface area (Å²) >= 11 is 0. The van der Waals surface area contributed by atoms with E-state index < -0.39 is 0 Å². The Kier molecular flexibility index (Phi) is 3.92. The molecule has 3 nitrogen and oxygen atoms in total. The third kappa shape index (κ3) is 3.60. The first-order valence-corrected chi connectivity index (χ1v) is 7.34. The highest BCUT2D eigenvalue weighted by Gasteiger charge is 2.23. The van der Waals surface area contributed by atoms with Crippen molar-refractivity contribution in [1.82, 2.24) is 15.1 Å². The van der Waals surface area contributed by atoms with Gasteiger partial charge in [0.2, 0.25) is 0 Å². The number of benzene rings is 1. The van der Waals surface area contributed by atoms with Gasteiger partial charge in [0.1, 0.15) is 0 Å². The van der Waals surface area contributed by atoms with Crippen LogP contribution in [-0.2, 0) is 13.5 Å². The van der Waals surface area contributed by atoms with Crippen LogP contribution in [-0.4, -0.2) is 21.9 Å². The second-order valence-corrected chi connectivity index (χ2v) is 7.53. The number of aromatic nitrogens is 2. The maximum absolute atomic E-state index is 4.71. The molecule has 0 bridgehead atoms. The molecule has 20 heavy (non-hydrogen) atoms. The molecule has 1 N–H and O–H groups in total. The summed E-state index contributed by atoms with van der Waals surface area (Å²) in [4.78, 5) is 0. The molecule has 1 aromatic carbocycles. The van der Waals surface area contributed by atoms with Crippen LogP contribution < -0.4 is 5.32 Å². The topological polar surface area (TPSA) is 29.9 Å². The first-order valence-electron chi connectivity index (χ1n) is 7.34. The van der Waals surface area contributed by atoms with Crippen LogP contribution in [0.5, 0.6) is 0 Å². The van der Waals surface area contributed by atoms with Crippen molar-refractivity contribution in [3.05, 3.63) is 30.0 Å². The fraction of sp³-hybridized carbons (Fsp3) is 0.588. The number of para-hydroxylation sites is 1. The summed E-state index contributed by atoms with van der Waals surface area (Å²) in [5.41, 5.74) is 2.75. The molecular formula is C17H27N3. The Hall–Kier alpha value is -1.35. The molecule has 0 atom stereocenters. The van der Waals surface area contributed by atoms with Gasteiger partial charge in [-0.3, -0.25) is 4.68 Å². The van der Waals surface area contributed by atoms with Crippen molar-refractivity contribution in [1.29, 1.82) is 0 Å². The number of aryl methyl sites for hydroxylation is 1. The lowest BCUT2D eigenvalue weighted by molar-refractivity contribution is 0.287. The van der Waals surface area contributed by atoms with E-state index in [1.165, 1.54) is 16.6 Å². The van der Waals surface area contributed by atoms with Gasteiger partial charge in [-0.15, -0.1) is 0 Å². The highest BCUT2D eigenvalue weighted by Crippen LogP contribution is 2.26. The molecule has 0 saturated heterocycles. The highest BCUT2D eigenvalue weighted by atomic mass is 15.3. The summed E-state index contributed by atoms with van der Waals surface area (Å²) in [7, 11) is 2.02. The lowest BCUT2D eigenvalue weighted by Crippen LogP contribution is -2.42. The van der Waals surface area contributed by atoms with Crippen LogP contribution in [0.15, 0.2) is 24.3 Å². The van der Waals surface area contributed by atoms with Gasteiger partial charge in [0, 0.05) is 24.5 Å². The van der Waals surface area contributed by atoms with Gasteiger partial charge in [-0.1, -0.05) is 32.0 Å². The molecule has 0 saturated carbocycles. The SMILES string of the molecule is Cn1nc(CC(C)(C)CNC(C)(C)C)c2ccccc21. The minimum atomic E-state index is 0.156. The predicted molar refractivity (Wildman–Crippen MR) is 86.0 cm³/mol. The average molecular weight is 273 g/mol. The maximum atomic E-state index is 4.71. The van der Waals surface area contributed by atoms with Crippen molar-refractivity contribution >= 4 is 10.9 Å². The average Bonchev–Trinajstić information content (AvgIpc) is 2.64. The molecule has 0 spiro atoms. The molecule has 0 amide bonds. The van der Waals surface area contributed by atoms with Gasteiger partial charge in [0.15, 0.2) is 0 Å². The van der Waals surface area contributed by atoms with Crippen LogP contribution in [0.2, 0.25) is 0 Å². The number of nitrogens with one attached hydrogen (secondary N) is 1. The standard InChI is InChI=1S/C17H27N3/c1-16(2,3)18-12-17(4,5)11-14-13-9-7-8-10-15(13)20(6)19-14/h7-10,18H,11-12H2,1-6H3. The largest absolute Gasteiger partial charge is 0.312 e. The zero-order valence-electron chi connectivity index (χ0n) is 13.6. The number of nitrogens with zero attached hydrogens (tertiary/aromatic N) is 2. The smallest absolute Gasteiger partial charge is 0.0709 e. The summed E-state index contributed by atoms with van der Waals surface area (Å²) in [6, 6.07) is 8.46. The van der Waals surface area contributed by atoms with Crippen LogP contribution in [0.3, 0.4) is 0 Å². The van der Waals surface area contributed by atoms with Crippen LogP contribution in [0.4, 0.5) is 0 Å². The van der Waals surface area contributed by atoms with E-state index >= 15 is 0 Å². The number of fused-ring (bicyclic) bond motifs is 1. The van der Waals surface area contributed by atoms with Crippen molar-refractivity contribution in [2.24, 2.45) is 12.5 Å². The van der Waals surface area contributed by atoms with E-state index in [2.05, 4.69) is 64.2 Å². The molecule has 2 aromatic rings. The molecule has 2 rings (SSSR count). The minimum Gasteiger partial charge on any atom is -0.312 e. The first kappa shape index (κ1) is 15.0. The Bertz CT molecular complexity index is 588. The summed E-state index contributed by atoms with van der Waals surface area (Å²) in [6.45, 7) is 12.2. The Morgan fingerprint density at radius 2 is 1.75 bits per heavy atom. The van der Waals surface area contributed by atoms with E-state index in [9.17, 15) is 0 Å². The summed E-state index contributed by atoms with van der Waals surface area (Å²) in [5, 5.41) is 9.59. The van der Waals surface area contributed by atoms with E-state index in [4.69, 9.17) is 5.10 Å². The summed E-state index contributed by atoms with van der Waals surface area (Å²) < 4.78 is 1.98. The Morgan fingerprint density at radius 3 is 2.40 bits per heavy atom. The zero-order valence-corrected chi connectivity index (χ0v) is 13.6. The van der Waals surface area contributed by atoms with Crippen molar-refractivity contribution in [3.8, 4) is 0 Å². The van der Waals surface area contributed by atoms with E-state index in [0.29, 0.717) is 0 Å². The Labute approximate surface area is 122 Å². The van der Waals surface area contributed by atoms with Gasteiger partial charge in [-0.05, 0) is 38.7 Å². The van der Waals surface area contributed by atoms with Gasteiger partial charge in [-0.25, -0.2) is 0 Å². The number of rotatable bonds is 4. The first-order chi connectivity index (χ1) is 9.18. The molecule has 3 heteroatoms. The van der Waals surface area contributed by atoms with Crippen molar-refractivity contribution in [2.75, 3.05) is 6.54 Å². The predicted octanol–water partition coefficient (Wildman–Crippen LogP) is 3.53. The van der Waals surface area contributed by atoms with Gasteiger partial charge in [0.25, 0.3) is 0 Å². The van der Waals surface area contributed by atoms with Crippen molar-refractivity contribution in [3.63, 3.8) is 0 Å². The molecule has 1 aromatic heterocycles. The maximum Gasteiger partial charge on any atom is 0.0709 e. The lowest BCUT2D eigenvalue weighted by atomic mass is 9.86. The molecule has 0 aliphatic heterocycles. The van der Waals surface area contributed by atoms with Gasteiger partial charge < -0.3 is 5.32 Å². The van der Waals surface area contributed by atoms with Crippen LogP contribution in [0, 0.1) is 5.41 Å². The van der Waals surface area contributed by atoms with Crippen LogP contribution >= 0.6 is 0 Å². The normalized spacial score (nSPS) is 13.1. The number of hydrogen-bond acceptors (Lipinski definition) is 2.